The third kappa shape index (κ3) is 2.26. The summed E-state index contributed by atoms with van der Waals surface area (Å²) in [6.45, 7) is -0.308. The molecule has 17 heavy (non-hydrogen) atoms. The van der Waals surface area contributed by atoms with Crippen molar-refractivity contribution in [2.45, 2.75) is 6.61 Å². The van der Waals surface area contributed by atoms with Crippen molar-refractivity contribution in [2.24, 2.45) is 0 Å². The van der Waals surface area contributed by atoms with Gasteiger partial charge in [-0.05, 0) is 0 Å². The molecule has 0 atom stereocenters. The van der Waals surface area contributed by atoms with Crippen LogP contribution in [0.25, 0.3) is 5.69 Å². The highest BCUT2D eigenvalue weighted by Gasteiger charge is 2.12. The van der Waals surface area contributed by atoms with E-state index in [-0.39, 0.29) is 23.7 Å². The number of rotatable bonds is 3. The van der Waals surface area contributed by atoms with Crippen LogP contribution in [0.1, 0.15) is 5.69 Å². The number of hydrogen-bond donors (Lipinski definition) is 1. The smallest absolute Gasteiger partial charge is 0.274 e. The third-order valence-electron chi connectivity index (χ3n) is 2.05. The molecule has 2 aromatic rings. The molecule has 8 heteroatoms. The minimum atomic E-state index is -0.741. The lowest BCUT2D eigenvalue weighted by Gasteiger charge is -2.00. The van der Waals surface area contributed by atoms with E-state index in [1.807, 2.05) is 0 Å². The fraction of sp³-hybridized carbons (Fsp3) is 0.111. The first-order valence-corrected chi connectivity index (χ1v) is 4.57. The molecule has 1 aromatic heterocycles. The molecule has 0 spiro atoms. The van der Waals surface area contributed by atoms with Crippen LogP contribution in [0.15, 0.2) is 24.4 Å². The number of halogens is 1. The summed E-state index contributed by atoms with van der Waals surface area (Å²) < 4.78 is 14.3. The molecule has 0 aliphatic heterocycles. The fourth-order valence-electron chi connectivity index (χ4n) is 1.29. The van der Waals surface area contributed by atoms with Crippen LogP contribution in [0, 0.1) is 15.9 Å². The highest BCUT2D eigenvalue weighted by molar-refractivity contribution is 5.43. The minimum Gasteiger partial charge on any atom is -0.390 e. The number of aliphatic hydroxyl groups is 1. The second-order valence-electron chi connectivity index (χ2n) is 3.24. The molecule has 2 rings (SSSR count). The van der Waals surface area contributed by atoms with Gasteiger partial charge in [0, 0.05) is 12.1 Å². The molecule has 0 amide bonds. The summed E-state index contributed by atoms with van der Waals surface area (Å²) in [7, 11) is 0. The van der Waals surface area contributed by atoms with Gasteiger partial charge in [0.1, 0.15) is 11.5 Å². The molecular formula is C9H7FN4O3. The zero-order valence-corrected chi connectivity index (χ0v) is 8.45. The molecule has 7 nitrogen and oxygen atoms in total. The quantitative estimate of drug-likeness (QED) is 0.630. The Balaban J connectivity index is 2.47. The molecule has 1 N–H and O–H groups in total. The number of nitro benzene ring substituents is 1. The minimum absolute atomic E-state index is 0.170. The molecule has 0 saturated carbocycles. The Kier molecular flexibility index (Phi) is 2.79. The van der Waals surface area contributed by atoms with Crippen molar-refractivity contribution in [3.05, 3.63) is 46.0 Å². The molecule has 0 aliphatic carbocycles. The van der Waals surface area contributed by atoms with E-state index in [1.54, 1.807) is 0 Å². The summed E-state index contributed by atoms with van der Waals surface area (Å²) in [6.07, 6.45) is 1.36. The molecule has 88 valence electrons. The van der Waals surface area contributed by atoms with Gasteiger partial charge in [-0.15, -0.1) is 5.10 Å². The maximum atomic E-state index is 13.1. The zero-order chi connectivity index (χ0) is 12.4. The predicted octanol–water partition coefficient (Wildman–Crippen LogP) is 0.807. The summed E-state index contributed by atoms with van der Waals surface area (Å²) in [4.78, 5) is 9.85. The van der Waals surface area contributed by atoms with Crippen molar-refractivity contribution in [1.29, 1.82) is 0 Å². The number of nitrogens with zero attached hydrogens (tertiary/aromatic N) is 4. The van der Waals surface area contributed by atoms with Gasteiger partial charge in [-0.2, -0.15) is 0 Å². The van der Waals surface area contributed by atoms with Gasteiger partial charge >= 0.3 is 0 Å². The Morgan fingerprint density at radius 2 is 2.24 bits per heavy atom. The molecule has 0 aliphatic rings. The SMILES string of the molecule is O=[N+]([O-])c1cc(F)cc(-n2cc(CO)nn2)c1. The van der Waals surface area contributed by atoms with Crippen molar-refractivity contribution in [1.82, 2.24) is 15.0 Å². The van der Waals surface area contributed by atoms with Crippen LogP contribution in [0.5, 0.6) is 0 Å². The maximum Gasteiger partial charge on any atom is 0.274 e. The normalized spacial score (nSPS) is 10.5. The van der Waals surface area contributed by atoms with Gasteiger partial charge in [-0.25, -0.2) is 9.07 Å². The molecule has 0 fully saturated rings. The van der Waals surface area contributed by atoms with E-state index in [0.717, 1.165) is 16.8 Å². The highest BCUT2D eigenvalue weighted by Crippen LogP contribution is 2.18. The molecule has 0 unspecified atom stereocenters. The van der Waals surface area contributed by atoms with Crippen LogP contribution in [0.3, 0.4) is 0 Å². The average Bonchev–Trinajstić information content (AvgIpc) is 2.76. The Morgan fingerprint density at radius 3 is 2.82 bits per heavy atom. The van der Waals surface area contributed by atoms with E-state index in [4.69, 9.17) is 5.11 Å². The number of benzene rings is 1. The van der Waals surface area contributed by atoms with E-state index >= 15 is 0 Å². The van der Waals surface area contributed by atoms with Crippen LogP contribution in [-0.2, 0) is 6.61 Å². The first kappa shape index (κ1) is 11.1. The fourth-order valence-corrected chi connectivity index (χ4v) is 1.29. The van der Waals surface area contributed by atoms with Crippen molar-refractivity contribution >= 4 is 5.69 Å². The van der Waals surface area contributed by atoms with E-state index < -0.39 is 10.7 Å². The lowest BCUT2D eigenvalue weighted by molar-refractivity contribution is -0.385. The number of non-ortho nitro benzene ring substituents is 1. The van der Waals surface area contributed by atoms with Crippen molar-refractivity contribution in [2.75, 3.05) is 0 Å². The van der Waals surface area contributed by atoms with E-state index in [9.17, 15) is 14.5 Å². The summed E-state index contributed by atoms with van der Waals surface area (Å²) in [5, 5.41) is 26.6. The summed E-state index contributed by atoms with van der Waals surface area (Å²) in [5.41, 5.74) is 0.0851. The van der Waals surface area contributed by atoms with Crippen LogP contribution >= 0.6 is 0 Å². The van der Waals surface area contributed by atoms with Crippen LogP contribution in [0.4, 0.5) is 10.1 Å². The van der Waals surface area contributed by atoms with Crippen molar-refractivity contribution in [3.63, 3.8) is 0 Å². The number of aliphatic hydroxyl groups excluding tert-OH is 1. The summed E-state index contributed by atoms with van der Waals surface area (Å²) >= 11 is 0. The largest absolute Gasteiger partial charge is 0.390 e. The topological polar surface area (TPSA) is 94.1 Å². The summed E-state index contributed by atoms with van der Waals surface area (Å²) in [6, 6.07) is 3.06. The number of aromatic nitrogens is 3. The second kappa shape index (κ2) is 4.26. The van der Waals surface area contributed by atoms with Gasteiger partial charge in [0.25, 0.3) is 5.69 Å². The van der Waals surface area contributed by atoms with Gasteiger partial charge in [-0.1, -0.05) is 5.21 Å². The van der Waals surface area contributed by atoms with E-state index in [1.165, 1.54) is 12.3 Å². The first-order chi connectivity index (χ1) is 8.10. The second-order valence-corrected chi connectivity index (χ2v) is 3.24. The third-order valence-corrected chi connectivity index (χ3v) is 2.05. The van der Waals surface area contributed by atoms with Crippen molar-refractivity contribution < 1.29 is 14.4 Å². The predicted molar refractivity (Wildman–Crippen MR) is 53.9 cm³/mol. The molecule has 0 radical (unpaired) electrons. The molecule has 0 bridgehead atoms. The maximum absolute atomic E-state index is 13.1. The van der Waals surface area contributed by atoms with Gasteiger partial charge in [0.15, 0.2) is 0 Å². The van der Waals surface area contributed by atoms with Gasteiger partial charge in [-0.3, -0.25) is 10.1 Å². The van der Waals surface area contributed by atoms with E-state index in [2.05, 4.69) is 10.3 Å². The highest BCUT2D eigenvalue weighted by atomic mass is 19.1. The van der Waals surface area contributed by atoms with Crippen LogP contribution in [-0.4, -0.2) is 25.0 Å². The number of nitro groups is 1. The standard InChI is InChI=1S/C9H7FN4O3/c10-6-1-8(3-9(2-6)14(16)17)13-4-7(5-15)11-12-13/h1-4,15H,5H2. The van der Waals surface area contributed by atoms with Crippen LogP contribution < -0.4 is 0 Å². The zero-order valence-electron chi connectivity index (χ0n) is 8.45. The molecular weight excluding hydrogens is 231 g/mol. The molecule has 0 saturated heterocycles. The first-order valence-electron chi connectivity index (χ1n) is 4.57. The average molecular weight is 238 g/mol. The number of hydrogen-bond acceptors (Lipinski definition) is 5. The molecule has 1 aromatic carbocycles. The Morgan fingerprint density at radius 1 is 1.47 bits per heavy atom. The van der Waals surface area contributed by atoms with Gasteiger partial charge < -0.3 is 5.11 Å². The van der Waals surface area contributed by atoms with Crippen LogP contribution in [0.2, 0.25) is 0 Å². The van der Waals surface area contributed by atoms with E-state index in [0.29, 0.717) is 0 Å². The lowest BCUT2D eigenvalue weighted by Crippen LogP contribution is -1.98. The Hall–Kier alpha value is -2.35. The molecule has 1 heterocycles. The van der Waals surface area contributed by atoms with Gasteiger partial charge in [0.2, 0.25) is 0 Å². The Labute approximate surface area is 94.3 Å². The van der Waals surface area contributed by atoms with Gasteiger partial charge in [0.05, 0.1) is 29.5 Å². The van der Waals surface area contributed by atoms with Crippen molar-refractivity contribution in [3.8, 4) is 5.69 Å². The summed E-state index contributed by atoms with van der Waals surface area (Å²) in [5.74, 6) is -0.741. The monoisotopic (exact) mass is 238 g/mol. The lowest BCUT2D eigenvalue weighted by atomic mass is 10.2. The Bertz CT molecular complexity index is 569.